The van der Waals surface area contributed by atoms with Crippen molar-refractivity contribution in [2.24, 2.45) is 10.8 Å². The van der Waals surface area contributed by atoms with Crippen LogP contribution in [0.5, 0.6) is 5.75 Å². The summed E-state index contributed by atoms with van der Waals surface area (Å²) in [5.74, 6) is 0.736. The molecule has 1 atom stereocenters. The minimum atomic E-state index is -0.636. The van der Waals surface area contributed by atoms with Crippen molar-refractivity contribution in [2.45, 2.75) is 92.8 Å². The van der Waals surface area contributed by atoms with Crippen LogP contribution in [0.3, 0.4) is 0 Å². The molecule has 0 spiro atoms. The Morgan fingerprint density at radius 1 is 0.742 bits per heavy atom. The second-order valence-electron chi connectivity index (χ2n) is 11.5. The van der Waals surface area contributed by atoms with Crippen LogP contribution in [-0.2, 0) is 11.2 Å². The Bertz CT molecular complexity index is 761. The molecule has 0 saturated heterocycles. The van der Waals surface area contributed by atoms with Crippen molar-refractivity contribution in [3.8, 4) is 5.75 Å². The van der Waals surface area contributed by atoms with E-state index in [0.29, 0.717) is 17.9 Å². The molecule has 0 radical (unpaired) electrons. The second-order valence-corrected chi connectivity index (χ2v) is 11.5. The van der Waals surface area contributed by atoms with Crippen LogP contribution in [0, 0.1) is 10.8 Å². The van der Waals surface area contributed by atoms with Gasteiger partial charge in [-0.15, -0.1) is 0 Å². The fraction of sp³-hybridized carbons (Fsp3) is 0.586. The van der Waals surface area contributed by atoms with E-state index in [-0.39, 0.29) is 5.41 Å². The minimum Gasteiger partial charge on any atom is -0.463 e. The van der Waals surface area contributed by atoms with Crippen molar-refractivity contribution in [3.63, 3.8) is 0 Å². The van der Waals surface area contributed by atoms with Gasteiger partial charge in [-0.05, 0) is 65.7 Å². The minimum absolute atomic E-state index is 0.220. The van der Waals surface area contributed by atoms with Crippen LogP contribution in [0.4, 0.5) is 0 Å². The molecule has 0 amide bonds. The zero-order chi connectivity index (χ0) is 23.1. The molecule has 31 heavy (non-hydrogen) atoms. The van der Waals surface area contributed by atoms with Gasteiger partial charge in [-0.3, -0.25) is 0 Å². The molecule has 2 heteroatoms. The average molecular weight is 425 g/mol. The van der Waals surface area contributed by atoms with Gasteiger partial charge < -0.3 is 9.47 Å². The number of aryl methyl sites for hydroxylation is 1. The Labute approximate surface area is 191 Å². The Hall–Kier alpha value is -1.80. The summed E-state index contributed by atoms with van der Waals surface area (Å²) in [7, 11) is 0. The third-order valence-corrected chi connectivity index (χ3v) is 5.66. The highest BCUT2D eigenvalue weighted by Crippen LogP contribution is 2.43. The van der Waals surface area contributed by atoms with Gasteiger partial charge in [-0.2, -0.15) is 0 Å². The van der Waals surface area contributed by atoms with Crippen LogP contribution in [0.15, 0.2) is 54.6 Å². The lowest BCUT2D eigenvalue weighted by molar-refractivity contribution is -0.156. The molecular weight excluding hydrogens is 380 g/mol. The van der Waals surface area contributed by atoms with Gasteiger partial charge in [0.15, 0.2) is 0 Å². The number of unbranched alkanes of at least 4 members (excludes halogenated alkanes) is 1. The number of hydrogen-bond donors (Lipinski definition) is 0. The normalized spacial score (nSPS) is 13.8. The van der Waals surface area contributed by atoms with Crippen molar-refractivity contribution in [1.82, 2.24) is 0 Å². The standard InChI is InChI=1S/C29H44O2/c1-27(2,3)22-26(28(4,5)6)24-17-19-25(20-18-24)31-29(7,8)30-21-13-12-16-23-14-10-9-11-15-23/h9-11,14-15,17-20,26H,12-13,16,21-22H2,1-8H3. The maximum atomic E-state index is 6.17. The van der Waals surface area contributed by atoms with E-state index >= 15 is 0 Å². The van der Waals surface area contributed by atoms with Gasteiger partial charge in [0.2, 0.25) is 5.79 Å². The van der Waals surface area contributed by atoms with E-state index in [4.69, 9.17) is 9.47 Å². The van der Waals surface area contributed by atoms with E-state index in [1.165, 1.54) is 11.1 Å². The number of rotatable bonds is 10. The van der Waals surface area contributed by atoms with Crippen LogP contribution in [-0.4, -0.2) is 12.4 Å². The molecule has 0 aliphatic heterocycles. The van der Waals surface area contributed by atoms with Crippen molar-refractivity contribution >= 4 is 0 Å². The first-order chi connectivity index (χ1) is 14.4. The largest absolute Gasteiger partial charge is 0.463 e. The lowest BCUT2D eigenvalue weighted by Crippen LogP contribution is -2.32. The van der Waals surface area contributed by atoms with Crippen molar-refractivity contribution in [1.29, 1.82) is 0 Å². The Kier molecular flexibility index (Phi) is 8.77. The summed E-state index contributed by atoms with van der Waals surface area (Å²) in [4.78, 5) is 0. The van der Waals surface area contributed by atoms with Gasteiger partial charge in [0.05, 0.1) is 6.61 Å². The first kappa shape index (κ1) is 25.5. The predicted molar refractivity (Wildman–Crippen MR) is 133 cm³/mol. The molecule has 2 aromatic rings. The zero-order valence-electron chi connectivity index (χ0n) is 21.1. The van der Waals surface area contributed by atoms with Crippen molar-refractivity contribution < 1.29 is 9.47 Å². The maximum absolute atomic E-state index is 6.17. The third-order valence-electron chi connectivity index (χ3n) is 5.66. The fourth-order valence-electron chi connectivity index (χ4n) is 4.01. The first-order valence-corrected chi connectivity index (χ1v) is 11.8. The lowest BCUT2D eigenvalue weighted by atomic mass is 9.69. The summed E-state index contributed by atoms with van der Waals surface area (Å²) in [5, 5.41) is 0. The van der Waals surface area contributed by atoms with Gasteiger partial charge in [-0.1, -0.05) is 84.0 Å². The van der Waals surface area contributed by atoms with Crippen LogP contribution in [0.1, 0.15) is 91.7 Å². The molecular formula is C29H44O2. The van der Waals surface area contributed by atoms with E-state index in [0.717, 1.165) is 31.4 Å². The summed E-state index contributed by atoms with van der Waals surface area (Å²) in [6, 6.07) is 19.3. The fourth-order valence-corrected chi connectivity index (χ4v) is 4.01. The Morgan fingerprint density at radius 2 is 1.35 bits per heavy atom. The molecule has 2 rings (SSSR count). The van der Waals surface area contributed by atoms with E-state index in [1.807, 2.05) is 13.8 Å². The van der Waals surface area contributed by atoms with Crippen LogP contribution < -0.4 is 4.74 Å². The summed E-state index contributed by atoms with van der Waals surface area (Å²) >= 11 is 0. The topological polar surface area (TPSA) is 18.5 Å². The van der Waals surface area contributed by atoms with Crippen LogP contribution in [0.2, 0.25) is 0 Å². The van der Waals surface area contributed by atoms with E-state index < -0.39 is 5.79 Å². The highest BCUT2D eigenvalue weighted by molar-refractivity contribution is 5.31. The summed E-state index contributed by atoms with van der Waals surface area (Å²) < 4.78 is 12.2. The molecule has 0 bridgehead atoms. The smallest absolute Gasteiger partial charge is 0.204 e. The van der Waals surface area contributed by atoms with Crippen molar-refractivity contribution in [3.05, 3.63) is 65.7 Å². The molecule has 1 unspecified atom stereocenters. The molecule has 2 nitrogen and oxygen atoms in total. The van der Waals surface area contributed by atoms with E-state index in [1.54, 1.807) is 0 Å². The first-order valence-electron chi connectivity index (χ1n) is 11.8. The van der Waals surface area contributed by atoms with Gasteiger partial charge in [0, 0.05) is 13.8 Å². The summed E-state index contributed by atoms with van der Waals surface area (Å²) in [6.07, 6.45) is 4.40. The lowest BCUT2D eigenvalue weighted by Gasteiger charge is -2.36. The molecule has 172 valence electrons. The van der Waals surface area contributed by atoms with Gasteiger partial charge in [0.25, 0.3) is 0 Å². The summed E-state index contributed by atoms with van der Waals surface area (Å²) in [6.45, 7) is 18.7. The molecule has 0 aliphatic carbocycles. The highest BCUT2D eigenvalue weighted by Gasteiger charge is 2.30. The quantitative estimate of drug-likeness (QED) is 0.281. The van der Waals surface area contributed by atoms with E-state index in [2.05, 4.69) is 96.1 Å². The average Bonchev–Trinajstić information content (AvgIpc) is 2.65. The molecule has 0 heterocycles. The molecule has 0 aromatic heterocycles. The maximum Gasteiger partial charge on any atom is 0.204 e. The van der Waals surface area contributed by atoms with Crippen molar-refractivity contribution in [2.75, 3.05) is 6.61 Å². The zero-order valence-corrected chi connectivity index (χ0v) is 21.1. The SMILES string of the molecule is CC(C)(C)CC(c1ccc(OC(C)(C)OCCCCc2ccccc2)cc1)C(C)(C)C. The molecule has 0 aliphatic rings. The van der Waals surface area contributed by atoms with Crippen LogP contribution in [0.25, 0.3) is 0 Å². The van der Waals surface area contributed by atoms with Gasteiger partial charge in [0.1, 0.15) is 5.75 Å². The number of hydrogen-bond acceptors (Lipinski definition) is 2. The molecule has 0 N–H and O–H groups in total. The number of ether oxygens (including phenoxy) is 2. The Balaban J connectivity index is 1.87. The monoisotopic (exact) mass is 424 g/mol. The second kappa shape index (κ2) is 10.7. The summed E-state index contributed by atoms with van der Waals surface area (Å²) in [5.41, 5.74) is 3.29. The van der Waals surface area contributed by atoms with Crippen LogP contribution >= 0.6 is 0 Å². The third kappa shape index (κ3) is 9.47. The van der Waals surface area contributed by atoms with Gasteiger partial charge >= 0.3 is 0 Å². The molecule has 0 saturated carbocycles. The highest BCUT2D eigenvalue weighted by atomic mass is 16.7. The molecule has 2 aromatic carbocycles. The van der Waals surface area contributed by atoms with Gasteiger partial charge in [-0.25, -0.2) is 0 Å². The van der Waals surface area contributed by atoms with E-state index in [9.17, 15) is 0 Å². The number of benzene rings is 2. The molecule has 0 fully saturated rings. The predicted octanol–water partition coefficient (Wildman–Crippen LogP) is 8.41. The Morgan fingerprint density at radius 3 is 1.90 bits per heavy atom.